The molecule has 3 heterocycles. The molecule has 0 saturated carbocycles. The summed E-state index contributed by atoms with van der Waals surface area (Å²) in [5.41, 5.74) is 4.13. The normalized spacial score (nSPS) is 11.5. The molecule has 0 aliphatic carbocycles. The third-order valence-corrected chi connectivity index (χ3v) is 5.11. The quantitative estimate of drug-likeness (QED) is 0.590. The van der Waals surface area contributed by atoms with Crippen molar-refractivity contribution < 1.29 is 0 Å². The molecular formula is C19H19N5OS. The summed E-state index contributed by atoms with van der Waals surface area (Å²) in [6.07, 6.45) is 3.72. The first-order valence-corrected chi connectivity index (χ1v) is 9.22. The van der Waals surface area contributed by atoms with Crippen molar-refractivity contribution in [3.05, 3.63) is 75.4 Å². The maximum absolute atomic E-state index is 12.1. The number of hydrogen-bond acceptors (Lipinski definition) is 5. The Morgan fingerprint density at radius 2 is 2.15 bits per heavy atom. The fourth-order valence-corrected chi connectivity index (χ4v) is 3.80. The number of benzene rings is 1. The van der Waals surface area contributed by atoms with Gasteiger partial charge in [0.1, 0.15) is 10.5 Å². The second-order valence-electron chi connectivity index (χ2n) is 6.40. The van der Waals surface area contributed by atoms with E-state index in [0.29, 0.717) is 17.1 Å². The second-order valence-corrected chi connectivity index (χ2v) is 7.32. The summed E-state index contributed by atoms with van der Waals surface area (Å²) in [5, 5.41) is 6.24. The van der Waals surface area contributed by atoms with E-state index in [1.54, 1.807) is 6.20 Å². The van der Waals surface area contributed by atoms with Gasteiger partial charge in [0.05, 0.1) is 17.7 Å². The average Bonchev–Trinajstić information content (AvgIpc) is 3.26. The molecule has 132 valence electrons. The maximum atomic E-state index is 12.1. The minimum atomic E-state index is -0.0683. The van der Waals surface area contributed by atoms with Gasteiger partial charge < -0.3 is 4.98 Å². The monoisotopic (exact) mass is 365 g/mol. The van der Waals surface area contributed by atoms with E-state index in [-0.39, 0.29) is 5.56 Å². The van der Waals surface area contributed by atoms with Crippen LogP contribution in [0, 0.1) is 6.92 Å². The van der Waals surface area contributed by atoms with Crippen LogP contribution in [-0.2, 0) is 13.1 Å². The number of rotatable bonds is 5. The largest absolute Gasteiger partial charge is 0.308 e. The number of hydrogen-bond donors (Lipinski definition) is 1. The van der Waals surface area contributed by atoms with E-state index < -0.39 is 0 Å². The lowest BCUT2D eigenvalue weighted by Crippen LogP contribution is -2.22. The molecule has 3 aromatic heterocycles. The molecule has 7 heteroatoms. The molecule has 0 spiro atoms. The highest BCUT2D eigenvalue weighted by atomic mass is 32.1. The van der Waals surface area contributed by atoms with Crippen molar-refractivity contribution in [3.8, 4) is 5.69 Å². The molecule has 0 amide bonds. The first-order valence-electron chi connectivity index (χ1n) is 8.34. The van der Waals surface area contributed by atoms with E-state index in [0.717, 1.165) is 17.7 Å². The Morgan fingerprint density at radius 1 is 1.27 bits per heavy atom. The van der Waals surface area contributed by atoms with Crippen LogP contribution in [0.15, 0.2) is 52.9 Å². The number of aromatic amines is 1. The average molecular weight is 365 g/mol. The standard InChI is InChI=1S/C19H19N5OS/c1-13-4-5-16(24-8-3-7-20-24)14(10-13)11-23(2)12-17-21-15-6-9-26-18(15)19(25)22-17/h3-10H,11-12H2,1-2H3,(H,21,22,25). The third-order valence-electron chi connectivity index (χ3n) is 4.21. The minimum absolute atomic E-state index is 0.0683. The van der Waals surface area contributed by atoms with E-state index in [4.69, 9.17) is 0 Å². The first-order chi connectivity index (χ1) is 12.6. The van der Waals surface area contributed by atoms with Crippen molar-refractivity contribution in [3.63, 3.8) is 0 Å². The molecule has 0 fully saturated rings. The molecule has 0 aliphatic rings. The van der Waals surface area contributed by atoms with Crippen molar-refractivity contribution in [2.45, 2.75) is 20.0 Å². The highest BCUT2D eigenvalue weighted by molar-refractivity contribution is 7.17. The van der Waals surface area contributed by atoms with Gasteiger partial charge in [-0.05, 0) is 43.1 Å². The number of nitrogens with zero attached hydrogens (tertiary/aromatic N) is 4. The molecule has 0 bridgehead atoms. The van der Waals surface area contributed by atoms with E-state index in [1.807, 2.05) is 35.4 Å². The molecule has 4 rings (SSSR count). The number of H-pyrrole nitrogens is 1. The highest BCUT2D eigenvalue weighted by Crippen LogP contribution is 2.19. The smallest absolute Gasteiger partial charge is 0.268 e. The topological polar surface area (TPSA) is 66.8 Å². The summed E-state index contributed by atoms with van der Waals surface area (Å²) in [7, 11) is 2.02. The van der Waals surface area contributed by atoms with Gasteiger partial charge in [-0.15, -0.1) is 11.3 Å². The van der Waals surface area contributed by atoms with Crippen molar-refractivity contribution in [2.75, 3.05) is 7.05 Å². The molecule has 1 N–H and O–H groups in total. The molecule has 26 heavy (non-hydrogen) atoms. The molecule has 6 nitrogen and oxygen atoms in total. The maximum Gasteiger partial charge on any atom is 0.268 e. The van der Waals surface area contributed by atoms with Crippen molar-refractivity contribution in [1.82, 2.24) is 24.6 Å². The summed E-state index contributed by atoms with van der Waals surface area (Å²) in [6, 6.07) is 10.1. The lowest BCUT2D eigenvalue weighted by atomic mass is 10.1. The molecule has 4 aromatic rings. The predicted molar refractivity (Wildman–Crippen MR) is 104 cm³/mol. The molecule has 0 saturated heterocycles. The number of fused-ring (bicyclic) bond motifs is 1. The van der Waals surface area contributed by atoms with E-state index in [9.17, 15) is 4.79 Å². The summed E-state index contributed by atoms with van der Waals surface area (Å²) in [6.45, 7) is 3.37. The SMILES string of the molecule is Cc1ccc(-n2cccn2)c(CN(C)Cc2nc3ccsc3c(=O)[nH]2)c1. The number of aryl methyl sites for hydroxylation is 1. The fraction of sp³-hybridized carbons (Fsp3) is 0.211. The summed E-state index contributed by atoms with van der Waals surface area (Å²) in [4.78, 5) is 21.7. The molecule has 1 aromatic carbocycles. The first kappa shape index (κ1) is 16.7. The van der Waals surface area contributed by atoms with Crippen LogP contribution < -0.4 is 5.56 Å². The van der Waals surface area contributed by atoms with Gasteiger partial charge in [0, 0.05) is 18.9 Å². The lowest BCUT2D eigenvalue weighted by Gasteiger charge is -2.19. The van der Waals surface area contributed by atoms with Gasteiger partial charge in [-0.3, -0.25) is 9.69 Å². The van der Waals surface area contributed by atoms with Gasteiger partial charge in [0.2, 0.25) is 0 Å². The molecular weight excluding hydrogens is 346 g/mol. The molecule has 0 aliphatic heterocycles. The van der Waals surface area contributed by atoms with Gasteiger partial charge in [0.25, 0.3) is 5.56 Å². The Bertz CT molecular complexity index is 1100. The van der Waals surface area contributed by atoms with Gasteiger partial charge in [-0.2, -0.15) is 5.10 Å². The Balaban J connectivity index is 1.59. The third kappa shape index (κ3) is 3.31. The van der Waals surface area contributed by atoms with Crippen molar-refractivity contribution >= 4 is 21.6 Å². The molecule has 0 radical (unpaired) electrons. The van der Waals surface area contributed by atoms with Crippen LogP contribution in [0.5, 0.6) is 0 Å². The highest BCUT2D eigenvalue weighted by Gasteiger charge is 2.11. The van der Waals surface area contributed by atoms with Gasteiger partial charge >= 0.3 is 0 Å². The van der Waals surface area contributed by atoms with Crippen LogP contribution in [0.2, 0.25) is 0 Å². The Morgan fingerprint density at radius 3 is 2.96 bits per heavy atom. The van der Waals surface area contributed by atoms with E-state index >= 15 is 0 Å². The Labute approximate surface area is 154 Å². The van der Waals surface area contributed by atoms with Crippen LogP contribution >= 0.6 is 11.3 Å². The van der Waals surface area contributed by atoms with Crippen LogP contribution in [0.4, 0.5) is 0 Å². The zero-order chi connectivity index (χ0) is 18.1. The fourth-order valence-electron chi connectivity index (χ4n) is 3.07. The minimum Gasteiger partial charge on any atom is -0.308 e. The van der Waals surface area contributed by atoms with Gasteiger partial charge in [-0.1, -0.05) is 17.7 Å². The summed E-state index contributed by atoms with van der Waals surface area (Å²) in [5.74, 6) is 0.677. The summed E-state index contributed by atoms with van der Waals surface area (Å²) >= 11 is 1.42. The number of thiophene rings is 1. The van der Waals surface area contributed by atoms with Crippen LogP contribution in [0.1, 0.15) is 17.0 Å². The van der Waals surface area contributed by atoms with Crippen molar-refractivity contribution in [1.29, 1.82) is 0 Å². The number of nitrogens with one attached hydrogen (secondary N) is 1. The zero-order valence-corrected chi connectivity index (χ0v) is 15.5. The second kappa shape index (κ2) is 6.86. The number of aromatic nitrogens is 4. The van der Waals surface area contributed by atoms with Gasteiger partial charge in [0.15, 0.2) is 0 Å². The van der Waals surface area contributed by atoms with E-state index in [2.05, 4.69) is 45.1 Å². The molecule has 0 unspecified atom stereocenters. The summed E-state index contributed by atoms with van der Waals surface area (Å²) < 4.78 is 2.55. The van der Waals surface area contributed by atoms with Crippen LogP contribution in [0.3, 0.4) is 0 Å². The Kier molecular flexibility index (Phi) is 4.40. The van der Waals surface area contributed by atoms with E-state index in [1.165, 1.54) is 22.5 Å². The van der Waals surface area contributed by atoms with Crippen LogP contribution in [0.25, 0.3) is 15.9 Å². The predicted octanol–water partition coefficient (Wildman–Crippen LogP) is 3.11. The Hall–Kier alpha value is -2.77. The van der Waals surface area contributed by atoms with Crippen molar-refractivity contribution in [2.24, 2.45) is 0 Å². The lowest BCUT2D eigenvalue weighted by molar-refractivity contribution is 0.310. The molecule has 0 atom stereocenters. The van der Waals surface area contributed by atoms with Crippen LogP contribution in [-0.4, -0.2) is 31.7 Å². The van der Waals surface area contributed by atoms with Gasteiger partial charge in [-0.25, -0.2) is 9.67 Å². The zero-order valence-electron chi connectivity index (χ0n) is 14.6.